The summed E-state index contributed by atoms with van der Waals surface area (Å²) in [6.45, 7) is 2.01. The largest absolute Gasteiger partial charge is 0.348 e. The van der Waals surface area contributed by atoms with E-state index in [0.29, 0.717) is 11.8 Å². The zero-order valence-corrected chi connectivity index (χ0v) is 11.2. The maximum absolute atomic E-state index is 12.1. The Bertz CT molecular complexity index is 260. The Hall–Kier alpha value is 0.0500. The van der Waals surface area contributed by atoms with Crippen LogP contribution in [-0.4, -0.2) is 23.2 Å². The number of nitrogens with one attached hydrogen (secondary N) is 1. The molecule has 92 valence electrons. The van der Waals surface area contributed by atoms with Crippen LogP contribution in [0.4, 0.5) is 0 Å². The van der Waals surface area contributed by atoms with Crippen molar-refractivity contribution < 1.29 is 4.79 Å². The number of hydrogen-bond donors (Lipinski definition) is 1. The van der Waals surface area contributed by atoms with Gasteiger partial charge in [-0.3, -0.25) is 4.79 Å². The number of amides is 1. The van der Waals surface area contributed by atoms with Gasteiger partial charge in [0, 0.05) is 17.7 Å². The Morgan fingerprint density at radius 3 is 2.25 bits per heavy atom. The van der Waals surface area contributed by atoms with E-state index in [1.165, 1.54) is 6.42 Å². The van der Waals surface area contributed by atoms with E-state index in [-0.39, 0.29) is 11.8 Å². The molecule has 2 aliphatic carbocycles. The second-order valence-corrected chi connectivity index (χ2v) is 5.85. The molecule has 4 heteroatoms. The van der Waals surface area contributed by atoms with Gasteiger partial charge in [0.1, 0.15) is 0 Å². The fourth-order valence-corrected chi connectivity index (χ4v) is 3.47. The van der Waals surface area contributed by atoms with Gasteiger partial charge in [0.05, 0.1) is 5.54 Å². The standard InChI is InChI=1S/C12H19Cl2NO/c1-2-12(6-13,7-14)15-11(16)10-4-8-3-9(8)5-10/h8-10H,2-7H2,1H3,(H,15,16). The van der Waals surface area contributed by atoms with Crippen molar-refractivity contribution in [2.24, 2.45) is 17.8 Å². The number of carbonyl (C=O) groups excluding carboxylic acids is 1. The maximum atomic E-state index is 12.1. The summed E-state index contributed by atoms with van der Waals surface area (Å²) in [5.74, 6) is 2.81. The first-order valence-electron chi connectivity index (χ1n) is 6.08. The van der Waals surface area contributed by atoms with Crippen molar-refractivity contribution in [3.05, 3.63) is 0 Å². The zero-order chi connectivity index (χ0) is 11.8. The molecule has 0 aromatic rings. The highest BCUT2D eigenvalue weighted by Crippen LogP contribution is 2.54. The van der Waals surface area contributed by atoms with Crippen molar-refractivity contribution >= 4 is 29.1 Å². The van der Waals surface area contributed by atoms with Crippen molar-refractivity contribution in [1.82, 2.24) is 5.32 Å². The number of carbonyl (C=O) groups is 1. The van der Waals surface area contributed by atoms with Gasteiger partial charge in [0.2, 0.25) is 5.91 Å². The van der Waals surface area contributed by atoms with Crippen molar-refractivity contribution in [3.63, 3.8) is 0 Å². The minimum Gasteiger partial charge on any atom is -0.348 e. The lowest BCUT2D eigenvalue weighted by Crippen LogP contribution is -2.53. The van der Waals surface area contributed by atoms with Gasteiger partial charge in [-0.15, -0.1) is 23.2 Å². The molecule has 0 radical (unpaired) electrons. The predicted molar refractivity (Wildman–Crippen MR) is 66.9 cm³/mol. The van der Waals surface area contributed by atoms with Crippen molar-refractivity contribution in [2.45, 2.75) is 38.1 Å². The lowest BCUT2D eigenvalue weighted by atomic mass is 9.97. The van der Waals surface area contributed by atoms with Crippen LogP contribution in [0.15, 0.2) is 0 Å². The molecule has 0 saturated heterocycles. The van der Waals surface area contributed by atoms with Crippen molar-refractivity contribution in [3.8, 4) is 0 Å². The molecule has 0 aromatic carbocycles. The van der Waals surface area contributed by atoms with E-state index in [4.69, 9.17) is 23.2 Å². The van der Waals surface area contributed by atoms with Crippen LogP contribution in [0.25, 0.3) is 0 Å². The van der Waals surface area contributed by atoms with Crippen LogP contribution in [0.5, 0.6) is 0 Å². The molecular formula is C12H19Cl2NO. The third-order valence-electron chi connectivity index (χ3n) is 4.19. The molecule has 1 N–H and O–H groups in total. The van der Waals surface area contributed by atoms with E-state index in [9.17, 15) is 4.79 Å². The molecule has 0 spiro atoms. The second-order valence-electron chi connectivity index (χ2n) is 5.31. The minimum absolute atomic E-state index is 0.162. The van der Waals surface area contributed by atoms with Crippen LogP contribution in [0, 0.1) is 17.8 Å². The zero-order valence-electron chi connectivity index (χ0n) is 9.64. The molecular weight excluding hydrogens is 245 g/mol. The highest BCUT2D eigenvalue weighted by atomic mass is 35.5. The molecule has 2 unspecified atom stereocenters. The fraction of sp³-hybridized carbons (Fsp3) is 0.917. The Morgan fingerprint density at radius 1 is 1.25 bits per heavy atom. The number of fused-ring (bicyclic) bond motifs is 1. The van der Waals surface area contributed by atoms with Gasteiger partial charge in [-0.25, -0.2) is 0 Å². The van der Waals surface area contributed by atoms with Gasteiger partial charge in [-0.1, -0.05) is 6.92 Å². The quantitative estimate of drug-likeness (QED) is 0.760. The van der Waals surface area contributed by atoms with E-state index in [1.807, 2.05) is 6.92 Å². The summed E-state index contributed by atoms with van der Waals surface area (Å²) in [4.78, 5) is 12.1. The molecule has 2 aliphatic rings. The van der Waals surface area contributed by atoms with Gasteiger partial charge in [-0.05, 0) is 37.5 Å². The van der Waals surface area contributed by atoms with Crippen LogP contribution in [0.3, 0.4) is 0 Å². The summed E-state index contributed by atoms with van der Waals surface area (Å²) >= 11 is 11.8. The Balaban J connectivity index is 1.89. The molecule has 2 atom stereocenters. The van der Waals surface area contributed by atoms with Gasteiger partial charge in [-0.2, -0.15) is 0 Å². The summed E-state index contributed by atoms with van der Waals surface area (Å²) in [5.41, 5.74) is -0.410. The Morgan fingerprint density at radius 2 is 1.81 bits per heavy atom. The molecule has 16 heavy (non-hydrogen) atoms. The Kier molecular flexibility index (Phi) is 3.70. The highest BCUT2D eigenvalue weighted by molar-refractivity contribution is 6.22. The Labute approximate surface area is 107 Å². The van der Waals surface area contributed by atoms with E-state index in [1.54, 1.807) is 0 Å². The summed E-state index contributed by atoms with van der Waals surface area (Å²) in [7, 11) is 0. The topological polar surface area (TPSA) is 29.1 Å². The van der Waals surface area contributed by atoms with Crippen molar-refractivity contribution in [2.75, 3.05) is 11.8 Å². The molecule has 0 bridgehead atoms. The van der Waals surface area contributed by atoms with Crippen LogP contribution in [0.2, 0.25) is 0 Å². The van der Waals surface area contributed by atoms with Gasteiger partial charge >= 0.3 is 0 Å². The third kappa shape index (κ3) is 2.33. The van der Waals surface area contributed by atoms with E-state index < -0.39 is 5.54 Å². The van der Waals surface area contributed by atoms with Gasteiger partial charge in [0.25, 0.3) is 0 Å². The first kappa shape index (κ1) is 12.5. The van der Waals surface area contributed by atoms with E-state index in [0.717, 1.165) is 31.1 Å². The SMILES string of the molecule is CCC(CCl)(CCl)NC(=O)C1CC2CC2C1. The van der Waals surface area contributed by atoms with Crippen LogP contribution in [0.1, 0.15) is 32.6 Å². The fourth-order valence-electron chi connectivity index (χ4n) is 2.67. The first-order valence-corrected chi connectivity index (χ1v) is 7.15. The van der Waals surface area contributed by atoms with Crippen LogP contribution in [-0.2, 0) is 4.79 Å². The van der Waals surface area contributed by atoms with Gasteiger partial charge in [0.15, 0.2) is 0 Å². The summed E-state index contributed by atoms with van der Waals surface area (Å²) in [6, 6.07) is 0. The normalized spacial score (nSPS) is 32.3. The monoisotopic (exact) mass is 263 g/mol. The highest BCUT2D eigenvalue weighted by Gasteiger charge is 2.48. The molecule has 2 rings (SSSR count). The third-order valence-corrected chi connectivity index (χ3v) is 5.21. The molecule has 0 aliphatic heterocycles. The maximum Gasteiger partial charge on any atom is 0.223 e. The lowest BCUT2D eigenvalue weighted by Gasteiger charge is -2.31. The molecule has 1 amide bonds. The van der Waals surface area contributed by atoms with E-state index >= 15 is 0 Å². The van der Waals surface area contributed by atoms with E-state index in [2.05, 4.69) is 5.32 Å². The second kappa shape index (κ2) is 4.73. The van der Waals surface area contributed by atoms with Crippen LogP contribution >= 0.6 is 23.2 Å². The average Bonchev–Trinajstić information content (AvgIpc) is 2.93. The molecule has 2 fully saturated rings. The number of alkyl halides is 2. The number of rotatable bonds is 5. The molecule has 0 heterocycles. The number of hydrogen-bond acceptors (Lipinski definition) is 1. The molecule has 0 aromatic heterocycles. The summed E-state index contributed by atoms with van der Waals surface area (Å²) < 4.78 is 0. The van der Waals surface area contributed by atoms with Gasteiger partial charge < -0.3 is 5.32 Å². The van der Waals surface area contributed by atoms with Crippen LogP contribution < -0.4 is 5.32 Å². The first-order chi connectivity index (χ1) is 7.64. The predicted octanol–water partition coefficient (Wildman–Crippen LogP) is 2.78. The average molecular weight is 264 g/mol. The summed E-state index contributed by atoms with van der Waals surface area (Å²) in [5, 5.41) is 3.06. The number of halogens is 2. The summed E-state index contributed by atoms with van der Waals surface area (Å²) in [6.07, 6.45) is 4.26. The smallest absolute Gasteiger partial charge is 0.223 e. The van der Waals surface area contributed by atoms with Crippen molar-refractivity contribution in [1.29, 1.82) is 0 Å². The lowest BCUT2D eigenvalue weighted by molar-refractivity contribution is -0.126. The molecule has 2 nitrogen and oxygen atoms in total. The molecule has 2 saturated carbocycles. The minimum atomic E-state index is -0.410.